The lowest BCUT2D eigenvalue weighted by Crippen LogP contribution is -2.65. The van der Waals surface area contributed by atoms with Crippen molar-refractivity contribution in [2.24, 2.45) is 4.99 Å². The van der Waals surface area contributed by atoms with E-state index >= 15 is 0 Å². The summed E-state index contributed by atoms with van der Waals surface area (Å²) in [6.07, 6.45) is 5.17. The van der Waals surface area contributed by atoms with Crippen LogP contribution in [-0.2, 0) is 11.3 Å². The molecule has 4 aliphatic heterocycles. The fourth-order valence-electron chi connectivity index (χ4n) is 4.99. The molecule has 8 nitrogen and oxygen atoms in total. The predicted molar refractivity (Wildman–Crippen MR) is 118 cm³/mol. The Labute approximate surface area is 183 Å². The maximum Gasteiger partial charge on any atom is 0.328 e. The second-order valence-electron chi connectivity index (χ2n) is 8.82. The number of urea groups is 1. The Hall–Kier alpha value is -2.87. The maximum atomic E-state index is 13.4. The van der Waals surface area contributed by atoms with Crippen LogP contribution in [0.15, 0.2) is 47.2 Å². The molecule has 0 aliphatic carbocycles. The zero-order valence-electron chi connectivity index (χ0n) is 18.3. The second-order valence-corrected chi connectivity index (χ2v) is 8.82. The molecule has 2 fully saturated rings. The molecular weight excluding hydrogens is 392 g/mol. The Morgan fingerprint density at radius 1 is 1.00 bits per heavy atom. The minimum atomic E-state index is -0.491. The first kappa shape index (κ1) is 20.1. The van der Waals surface area contributed by atoms with Crippen LogP contribution in [0.4, 0.5) is 4.79 Å². The first-order valence-electron chi connectivity index (χ1n) is 11.2. The lowest BCUT2D eigenvalue weighted by molar-refractivity contribution is -0.136. The molecule has 5 rings (SSSR count). The first-order chi connectivity index (χ1) is 15.0. The predicted octanol–water partition coefficient (Wildman–Crippen LogP) is 2.11. The molecule has 0 radical (unpaired) electrons. The summed E-state index contributed by atoms with van der Waals surface area (Å²) in [5.74, 6) is 0.608. The molecule has 2 atom stereocenters. The van der Waals surface area contributed by atoms with Crippen molar-refractivity contribution in [2.45, 2.75) is 44.9 Å². The van der Waals surface area contributed by atoms with E-state index in [9.17, 15) is 9.59 Å². The molecule has 0 saturated carbocycles. The Bertz CT molecular complexity index is 923. The number of amides is 3. The number of allylic oxidation sites excluding steroid dienone is 1. The smallest absolute Gasteiger partial charge is 0.310 e. The molecule has 8 heteroatoms. The van der Waals surface area contributed by atoms with Crippen molar-refractivity contribution in [1.29, 1.82) is 0 Å². The molecule has 1 aromatic rings. The van der Waals surface area contributed by atoms with Gasteiger partial charge in [0.1, 0.15) is 0 Å². The van der Waals surface area contributed by atoms with Gasteiger partial charge in [-0.2, -0.15) is 0 Å². The number of imide groups is 1. The van der Waals surface area contributed by atoms with Crippen LogP contribution in [0.3, 0.4) is 0 Å². The summed E-state index contributed by atoms with van der Waals surface area (Å²) in [5, 5.41) is 0. The van der Waals surface area contributed by atoms with Crippen molar-refractivity contribution in [1.82, 2.24) is 24.5 Å². The van der Waals surface area contributed by atoms with Crippen LogP contribution in [0.25, 0.3) is 0 Å². The van der Waals surface area contributed by atoms with Gasteiger partial charge in [0.25, 0.3) is 5.91 Å². The van der Waals surface area contributed by atoms with Crippen molar-refractivity contribution in [2.75, 3.05) is 33.2 Å². The number of carbonyl (C=O) groups is 2. The number of hydrogen-bond donors (Lipinski definition) is 0. The Morgan fingerprint density at radius 2 is 1.74 bits per heavy atom. The number of benzene rings is 1. The number of aliphatic imine (C=N–C) groups is 1. The first-order valence-corrected chi connectivity index (χ1v) is 11.2. The van der Waals surface area contributed by atoms with Gasteiger partial charge in [0, 0.05) is 32.0 Å². The molecule has 2 unspecified atom stereocenters. The second kappa shape index (κ2) is 8.00. The number of likely N-dealkylation sites (N-methyl/N-ethyl adjacent to an activating group) is 1. The van der Waals surface area contributed by atoms with Crippen molar-refractivity contribution in [3.63, 3.8) is 0 Å². The lowest BCUT2D eigenvalue weighted by atomic mass is 10.1. The molecule has 164 valence electrons. The number of hydrogen-bond acceptors (Lipinski definition) is 6. The van der Waals surface area contributed by atoms with Gasteiger partial charge in [0.2, 0.25) is 5.96 Å². The number of fused-ring (bicyclic) bond motifs is 3. The number of likely N-dealkylation sites (tertiary alicyclic amines) is 1. The van der Waals surface area contributed by atoms with Gasteiger partial charge < -0.3 is 19.6 Å². The molecule has 0 N–H and O–H groups in total. The number of guanidine groups is 1. The van der Waals surface area contributed by atoms with E-state index in [1.807, 2.05) is 36.2 Å². The normalized spacial score (nSPS) is 26.3. The SMILES string of the molecule is CC1=CN2C(=NC3C2C(=O)N(CCN2CCCCC2)C(=O)N3C)N1Cc1ccccc1. The zero-order valence-corrected chi connectivity index (χ0v) is 18.3. The van der Waals surface area contributed by atoms with Gasteiger partial charge in [0.05, 0.1) is 6.54 Å². The van der Waals surface area contributed by atoms with Gasteiger partial charge in [-0.05, 0) is 38.4 Å². The Kier molecular flexibility index (Phi) is 5.17. The quantitative estimate of drug-likeness (QED) is 0.727. The molecule has 4 heterocycles. The number of nitrogens with zero attached hydrogens (tertiary/aromatic N) is 6. The van der Waals surface area contributed by atoms with E-state index in [2.05, 4.69) is 21.9 Å². The molecular formula is C23H30N6O2. The fraction of sp³-hybridized carbons (Fsp3) is 0.522. The number of carbonyl (C=O) groups excluding carboxylic acids is 2. The minimum Gasteiger partial charge on any atom is -0.310 e. The molecule has 31 heavy (non-hydrogen) atoms. The van der Waals surface area contributed by atoms with Crippen LogP contribution in [0.5, 0.6) is 0 Å². The largest absolute Gasteiger partial charge is 0.328 e. The van der Waals surface area contributed by atoms with E-state index in [1.165, 1.54) is 29.7 Å². The van der Waals surface area contributed by atoms with E-state index in [4.69, 9.17) is 4.99 Å². The molecule has 0 bridgehead atoms. The Morgan fingerprint density at radius 3 is 2.48 bits per heavy atom. The van der Waals surface area contributed by atoms with Crippen LogP contribution in [0.1, 0.15) is 31.7 Å². The third kappa shape index (κ3) is 3.48. The van der Waals surface area contributed by atoms with E-state index in [0.717, 1.165) is 31.3 Å². The van der Waals surface area contributed by atoms with E-state index < -0.39 is 12.2 Å². The van der Waals surface area contributed by atoms with E-state index in [0.29, 0.717) is 13.1 Å². The van der Waals surface area contributed by atoms with E-state index in [-0.39, 0.29) is 11.9 Å². The molecule has 2 saturated heterocycles. The monoisotopic (exact) mass is 422 g/mol. The van der Waals surface area contributed by atoms with Gasteiger partial charge in [-0.25, -0.2) is 9.79 Å². The average molecular weight is 423 g/mol. The highest BCUT2D eigenvalue weighted by molar-refractivity contribution is 6.04. The molecule has 0 spiro atoms. The fourth-order valence-corrected chi connectivity index (χ4v) is 4.99. The summed E-state index contributed by atoms with van der Waals surface area (Å²) in [4.78, 5) is 40.8. The molecule has 4 aliphatic rings. The molecule has 0 aromatic heterocycles. The summed E-state index contributed by atoms with van der Waals surface area (Å²) in [7, 11) is 1.75. The van der Waals surface area contributed by atoms with Gasteiger partial charge in [-0.15, -0.1) is 0 Å². The van der Waals surface area contributed by atoms with Crippen molar-refractivity contribution >= 4 is 17.9 Å². The van der Waals surface area contributed by atoms with Crippen LogP contribution in [0.2, 0.25) is 0 Å². The van der Waals surface area contributed by atoms with Crippen molar-refractivity contribution < 1.29 is 9.59 Å². The van der Waals surface area contributed by atoms with Crippen molar-refractivity contribution in [3.8, 4) is 0 Å². The molecule has 1 aromatic carbocycles. The third-order valence-corrected chi connectivity index (χ3v) is 6.77. The zero-order chi connectivity index (χ0) is 21.5. The summed E-state index contributed by atoms with van der Waals surface area (Å²) >= 11 is 0. The van der Waals surface area contributed by atoms with Gasteiger partial charge in [0.15, 0.2) is 12.2 Å². The standard InChI is InChI=1S/C23H30N6O2/c1-17-15-29-19-20(24-22(29)28(17)16-18-9-5-3-6-10-18)25(2)23(31)27(21(19)30)14-13-26-11-7-4-8-12-26/h3,5-6,9-10,15,19-20H,4,7-8,11-14,16H2,1-2H3. The topological polar surface area (TPSA) is 62.7 Å². The highest BCUT2D eigenvalue weighted by Gasteiger charge is 2.54. The highest BCUT2D eigenvalue weighted by Crippen LogP contribution is 2.34. The van der Waals surface area contributed by atoms with Gasteiger partial charge in [-0.1, -0.05) is 36.8 Å². The van der Waals surface area contributed by atoms with Gasteiger partial charge in [-0.3, -0.25) is 9.69 Å². The summed E-state index contributed by atoms with van der Waals surface area (Å²) in [6.45, 7) is 6.00. The maximum absolute atomic E-state index is 13.4. The number of piperidine rings is 1. The average Bonchev–Trinajstić information content (AvgIpc) is 3.29. The Balaban J connectivity index is 1.34. The minimum absolute atomic E-state index is 0.144. The van der Waals surface area contributed by atoms with Crippen molar-refractivity contribution in [3.05, 3.63) is 47.8 Å². The summed E-state index contributed by atoms with van der Waals surface area (Å²) < 4.78 is 0. The number of rotatable bonds is 5. The summed E-state index contributed by atoms with van der Waals surface area (Å²) in [5.41, 5.74) is 2.22. The van der Waals surface area contributed by atoms with Crippen LogP contribution in [0, 0.1) is 0 Å². The van der Waals surface area contributed by atoms with Crippen LogP contribution in [-0.4, -0.2) is 87.8 Å². The summed E-state index contributed by atoms with van der Waals surface area (Å²) in [6, 6.07) is 9.48. The van der Waals surface area contributed by atoms with Crippen LogP contribution < -0.4 is 0 Å². The highest BCUT2D eigenvalue weighted by atomic mass is 16.2. The third-order valence-electron chi connectivity index (χ3n) is 6.77. The van der Waals surface area contributed by atoms with Gasteiger partial charge >= 0.3 is 6.03 Å². The van der Waals surface area contributed by atoms with E-state index in [1.54, 1.807) is 11.9 Å². The molecule has 3 amide bonds. The lowest BCUT2D eigenvalue weighted by Gasteiger charge is -2.40. The van der Waals surface area contributed by atoms with Crippen LogP contribution >= 0.6 is 0 Å².